The van der Waals surface area contributed by atoms with Crippen molar-refractivity contribution < 1.29 is 19.1 Å². The molecule has 1 aliphatic rings. The molecule has 1 aromatic carbocycles. The van der Waals surface area contributed by atoms with Crippen molar-refractivity contribution in [2.24, 2.45) is 5.92 Å². The van der Waals surface area contributed by atoms with Crippen LogP contribution in [-0.4, -0.2) is 36.0 Å². The molecule has 1 saturated carbocycles. The van der Waals surface area contributed by atoms with Crippen LogP contribution < -0.4 is 10.6 Å². The van der Waals surface area contributed by atoms with Crippen molar-refractivity contribution in [3.8, 4) is 0 Å². The summed E-state index contributed by atoms with van der Waals surface area (Å²) in [4.78, 5) is 35.1. The van der Waals surface area contributed by atoms with Gasteiger partial charge in [-0.25, -0.2) is 4.79 Å². The molecular weight excluding hydrogens is 320 g/mol. The number of aldehydes is 1. The number of hydrogen-bond acceptors (Lipinski definition) is 4. The highest BCUT2D eigenvalue weighted by Gasteiger charge is 2.43. The molecule has 0 aliphatic heterocycles. The Hall–Kier alpha value is -2.37. The lowest BCUT2D eigenvalue weighted by molar-refractivity contribution is 0.0502. The van der Waals surface area contributed by atoms with Crippen LogP contribution >= 0.6 is 0 Å². The molecule has 2 N–H and O–H groups in total. The molecule has 0 bridgehead atoms. The molecule has 0 saturated heterocycles. The van der Waals surface area contributed by atoms with Gasteiger partial charge in [-0.05, 0) is 58.6 Å². The van der Waals surface area contributed by atoms with E-state index in [9.17, 15) is 14.4 Å². The summed E-state index contributed by atoms with van der Waals surface area (Å²) in [6.07, 6.45) is 2.26. The first-order valence-electron chi connectivity index (χ1n) is 8.47. The molecule has 2 rings (SSSR count). The Kier molecular flexibility index (Phi) is 5.50. The van der Waals surface area contributed by atoms with E-state index in [1.807, 2.05) is 6.92 Å². The highest BCUT2D eigenvalue weighted by molar-refractivity contribution is 5.95. The molecule has 0 radical (unpaired) electrons. The molecular formula is C19H26N2O4. The van der Waals surface area contributed by atoms with E-state index in [0.717, 1.165) is 19.1 Å². The first kappa shape index (κ1) is 19.0. The molecule has 1 aliphatic carbocycles. The van der Waals surface area contributed by atoms with Gasteiger partial charge in [-0.2, -0.15) is 0 Å². The van der Waals surface area contributed by atoms with E-state index >= 15 is 0 Å². The Bertz CT molecular complexity index is 644. The maximum atomic E-state index is 12.5. The molecule has 6 heteroatoms. The quantitative estimate of drug-likeness (QED) is 0.776. The van der Waals surface area contributed by atoms with Crippen molar-refractivity contribution in [1.82, 2.24) is 10.6 Å². The molecule has 0 aromatic heterocycles. The average molecular weight is 346 g/mol. The van der Waals surface area contributed by atoms with Crippen molar-refractivity contribution in [2.45, 2.75) is 51.7 Å². The second-order valence-corrected chi connectivity index (χ2v) is 7.74. The van der Waals surface area contributed by atoms with Gasteiger partial charge >= 0.3 is 6.09 Å². The fourth-order valence-corrected chi connectivity index (χ4v) is 2.63. The molecule has 1 aromatic rings. The second-order valence-electron chi connectivity index (χ2n) is 7.74. The average Bonchev–Trinajstić information content (AvgIpc) is 3.37. The van der Waals surface area contributed by atoms with E-state index in [1.165, 1.54) is 0 Å². The molecule has 1 atom stereocenters. The lowest BCUT2D eigenvalue weighted by Crippen LogP contribution is -2.55. The SMILES string of the molecule is CC(C)(C)OC(=O)NCC(C)(NC(=O)c1ccc(C=O)cc1)C1CC1. The molecule has 25 heavy (non-hydrogen) atoms. The predicted octanol–water partition coefficient (Wildman–Crippen LogP) is 2.92. The zero-order valence-corrected chi connectivity index (χ0v) is 15.2. The van der Waals surface area contributed by atoms with Gasteiger partial charge in [0.05, 0.1) is 5.54 Å². The number of benzene rings is 1. The van der Waals surface area contributed by atoms with Gasteiger partial charge in [0.1, 0.15) is 11.9 Å². The van der Waals surface area contributed by atoms with Gasteiger partial charge in [-0.15, -0.1) is 0 Å². The molecule has 1 fully saturated rings. The van der Waals surface area contributed by atoms with Crippen molar-refractivity contribution in [1.29, 1.82) is 0 Å². The molecule has 0 spiro atoms. The van der Waals surface area contributed by atoms with Gasteiger partial charge in [0.2, 0.25) is 0 Å². The van der Waals surface area contributed by atoms with E-state index in [1.54, 1.807) is 45.0 Å². The normalized spacial score (nSPS) is 16.5. The van der Waals surface area contributed by atoms with Crippen LogP contribution in [0.1, 0.15) is 61.3 Å². The Labute approximate surface area is 148 Å². The van der Waals surface area contributed by atoms with Crippen molar-refractivity contribution >= 4 is 18.3 Å². The summed E-state index contributed by atoms with van der Waals surface area (Å²) in [5.41, 5.74) is -0.108. The van der Waals surface area contributed by atoms with Gasteiger partial charge < -0.3 is 15.4 Å². The molecule has 0 heterocycles. The summed E-state index contributed by atoms with van der Waals surface area (Å²) in [5, 5.41) is 5.78. The van der Waals surface area contributed by atoms with Crippen LogP contribution in [0.3, 0.4) is 0 Å². The van der Waals surface area contributed by atoms with Gasteiger partial charge in [0, 0.05) is 17.7 Å². The summed E-state index contributed by atoms with van der Waals surface area (Å²) in [6, 6.07) is 6.45. The zero-order chi connectivity index (χ0) is 18.7. The molecule has 136 valence electrons. The lowest BCUT2D eigenvalue weighted by Gasteiger charge is -2.32. The lowest BCUT2D eigenvalue weighted by atomic mass is 9.95. The number of amides is 2. The minimum Gasteiger partial charge on any atom is -0.444 e. The van der Waals surface area contributed by atoms with Crippen LogP contribution in [0.25, 0.3) is 0 Å². The van der Waals surface area contributed by atoms with Crippen LogP contribution in [0.2, 0.25) is 0 Å². The smallest absolute Gasteiger partial charge is 0.407 e. The van der Waals surface area contributed by atoms with Gasteiger partial charge in [0.15, 0.2) is 0 Å². The van der Waals surface area contributed by atoms with E-state index in [-0.39, 0.29) is 5.91 Å². The van der Waals surface area contributed by atoms with Gasteiger partial charge in [0.25, 0.3) is 5.91 Å². The standard InChI is InChI=1S/C19H26N2O4/c1-18(2,3)25-17(24)20-12-19(4,15-9-10-15)21-16(23)14-7-5-13(11-22)6-8-14/h5-8,11,15H,9-10,12H2,1-4H3,(H,20,24)(H,21,23). The van der Waals surface area contributed by atoms with Crippen LogP contribution in [0, 0.1) is 5.92 Å². The number of carbonyl (C=O) groups is 3. The topological polar surface area (TPSA) is 84.5 Å². The largest absolute Gasteiger partial charge is 0.444 e. The van der Waals surface area contributed by atoms with E-state index in [0.29, 0.717) is 23.6 Å². The Morgan fingerprint density at radius 3 is 2.24 bits per heavy atom. The van der Waals surface area contributed by atoms with Crippen LogP contribution in [0.4, 0.5) is 4.79 Å². The van der Waals surface area contributed by atoms with E-state index in [2.05, 4.69) is 10.6 Å². The van der Waals surface area contributed by atoms with Crippen LogP contribution in [-0.2, 0) is 4.74 Å². The minimum absolute atomic E-state index is 0.224. The number of hydrogen-bond donors (Lipinski definition) is 2. The highest BCUT2D eigenvalue weighted by Crippen LogP contribution is 2.39. The molecule has 2 amide bonds. The summed E-state index contributed by atoms with van der Waals surface area (Å²) >= 11 is 0. The Balaban J connectivity index is 1.99. The summed E-state index contributed by atoms with van der Waals surface area (Å²) in [6.45, 7) is 7.64. The minimum atomic E-state index is -0.566. The predicted molar refractivity (Wildman–Crippen MR) is 94.7 cm³/mol. The first-order chi connectivity index (χ1) is 11.6. The maximum absolute atomic E-state index is 12.5. The number of ether oxygens (including phenoxy) is 1. The third kappa shape index (κ3) is 5.59. The second kappa shape index (κ2) is 7.25. The number of nitrogens with one attached hydrogen (secondary N) is 2. The van der Waals surface area contributed by atoms with Gasteiger partial charge in [-0.1, -0.05) is 12.1 Å². The molecule has 6 nitrogen and oxygen atoms in total. The third-order valence-electron chi connectivity index (χ3n) is 4.19. The van der Waals surface area contributed by atoms with E-state index in [4.69, 9.17) is 4.74 Å². The van der Waals surface area contributed by atoms with Crippen molar-refractivity contribution in [3.63, 3.8) is 0 Å². The fraction of sp³-hybridized carbons (Fsp3) is 0.526. The summed E-state index contributed by atoms with van der Waals surface area (Å²) in [5.74, 6) is 0.0958. The monoisotopic (exact) mass is 346 g/mol. The number of alkyl carbamates (subject to hydrolysis) is 1. The van der Waals surface area contributed by atoms with E-state index < -0.39 is 17.2 Å². The van der Waals surface area contributed by atoms with Crippen LogP contribution in [0.5, 0.6) is 0 Å². The maximum Gasteiger partial charge on any atom is 0.407 e. The fourth-order valence-electron chi connectivity index (χ4n) is 2.63. The summed E-state index contributed by atoms with van der Waals surface area (Å²) < 4.78 is 5.25. The van der Waals surface area contributed by atoms with Crippen molar-refractivity contribution in [2.75, 3.05) is 6.54 Å². The Morgan fingerprint density at radius 1 is 1.16 bits per heavy atom. The third-order valence-corrected chi connectivity index (χ3v) is 4.19. The Morgan fingerprint density at radius 2 is 1.76 bits per heavy atom. The zero-order valence-electron chi connectivity index (χ0n) is 15.2. The van der Waals surface area contributed by atoms with Crippen LogP contribution in [0.15, 0.2) is 24.3 Å². The summed E-state index contributed by atoms with van der Waals surface area (Å²) in [7, 11) is 0. The number of rotatable bonds is 6. The first-order valence-corrected chi connectivity index (χ1v) is 8.47. The number of carbonyl (C=O) groups excluding carboxylic acids is 3. The van der Waals surface area contributed by atoms with Crippen molar-refractivity contribution in [3.05, 3.63) is 35.4 Å². The molecule has 1 unspecified atom stereocenters. The van der Waals surface area contributed by atoms with Gasteiger partial charge in [-0.3, -0.25) is 9.59 Å². The highest BCUT2D eigenvalue weighted by atomic mass is 16.6.